The van der Waals surface area contributed by atoms with Gasteiger partial charge in [-0.1, -0.05) is 24.3 Å². The first-order valence-corrected chi connectivity index (χ1v) is 9.37. The topological polar surface area (TPSA) is 89.2 Å². The van der Waals surface area contributed by atoms with Gasteiger partial charge in [-0.3, -0.25) is 9.79 Å². The normalized spacial score (nSPS) is 19.3. The zero-order chi connectivity index (χ0) is 19.7. The lowest BCUT2D eigenvalue weighted by Crippen LogP contribution is -2.53. The van der Waals surface area contributed by atoms with Crippen LogP contribution in [0.4, 0.5) is 0 Å². The van der Waals surface area contributed by atoms with Crippen LogP contribution >= 0.6 is 0 Å². The summed E-state index contributed by atoms with van der Waals surface area (Å²) in [5.41, 5.74) is 7.36. The van der Waals surface area contributed by atoms with Crippen molar-refractivity contribution in [1.29, 1.82) is 0 Å². The average molecular weight is 377 g/mol. The first-order chi connectivity index (χ1) is 12.9. The SMILES string of the molecule is CN(Cc1ccc(/C=N/CCN)cc1)C(=O)COC[C@@H]1COC(C)(C)CN1. The van der Waals surface area contributed by atoms with Gasteiger partial charge in [0, 0.05) is 32.9 Å². The predicted molar refractivity (Wildman–Crippen MR) is 107 cm³/mol. The van der Waals surface area contributed by atoms with Crippen molar-refractivity contribution in [2.45, 2.75) is 32.0 Å². The lowest BCUT2D eigenvalue weighted by molar-refractivity contribution is -0.136. The fourth-order valence-electron chi connectivity index (χ4n) is 2.65. The van der Waals surface area contributed by atoms with Crippen molar-refractivity contribution in [2.24, 2.45) is 10.7 Å². The van der Waals surface area contributed by atoms with Gasteiger partial charge in [0.25, 0.3) is 0 Å². The van der Waals surface area contributed by atoms with E-state index < -0.39 is 0 Å². The quantitative estimate of drug-likeness (QED) is 0.623. The average Bonchev–Trinajstić information content (AvgIpc) is 2.64. The minimum Gasteiger partial charge on any atom is -0.373 e. The lowest BCUT2D eigenvalue weighted by Gasteiger charge is -2.35. The van der Waals surface area contributed by atoms with E-state index in [1.54, 1.807) is 11.9 Å². The monoisotopic (exact) mass is 376 g/mol. The second-order valence-corrected chi connectivity index (χ2v) is 7.48. The van der Waals surface area contributed by atoms with Crippen molar-refractivity contribution in [3.05, 3.63) is 35.4 Å². The number of amides is 1. The molecule has 0 spiro atoms. The first kappa shape index (κ1) is 21.5. The minimum absolute atomic E-state index is 0.0411. The van der Waals surface area contributed by atoms with Crippen molar-refractivity contribution in [3.63, 3.8) is 0 Å². The van der Waals surface area contributed by atoms with Crippen molar-refractivity contribution >= 4 is 12.1 Å². The zero-order valence-electron chi connectivity index (χ0n) is 16.6. The van der Waals surface area contributed by atoms with Crippen molar-refractivity contribution in [1.82, 2.24) is 10.2 Å². The number of nitrogens with two attached hydrogens (primary N) is 1. The molecule has 3 N–H and O–H groups in total. The molecule has 1 aliphatic rings. The van der Waals surface area contributed by atoms with Crippen LogP contribution in [0.1, 0.15) is 25.0 Å². The van der Waals surface area contributed by atoms with Crippen molar-refractivity contribution in [2.75, 3.05) is 46.5 Å². The summed E-state index contributed by atoms with van der Waals surface area (Å²) in [6, 6.07) is 8.10. The van der Waals surface area contributed by atoms with Crippen molar-refractivity contribution < 1.29 is 14.3 Å². The Bertz CT molecular complexity index is 606. The molecular formula is C20H32N4O3. The molecule has 1 aromatic carbocycles. The molecule has 0 aliphatic carbocycles. The molecule has 1 fully saturated rings. The molecule has 1 aliphatic heterocycles. The van der Waals surface area contributed by atoms with Gasteiger partial charge in [0.2, 0.25) is 5.91 Å². The second-order valence-electron chi connectivity index (χ2n) is 7.48. The van der Waals surface area contributed by atoms with Gasteiger partial charge in [-0.25, -0.2) is 0 Å². The molecular weight excluding hydrogens is 344 g/mol. The van der Waals surface area contributed by atoms with Crippen LogP contribution in [0.2, 0.25) is 0 Å². The molecule has 1 amide bonds. The molecule has 0 saturated carbocycles. The smallest absolute Gasteiger partial charge is 0.248 e. The summed E-state index contributed by atoms with van der Waals surface area (Å²) in [4.78, 5) is 18.1. The molecule has 27 heavy (non-hydrogen) atoms. The highest BCUT2D eigenvalue weighted by Gasteiger charge is 2.27. The minimum atomic E-state index is -0.141. The molecule has 1 atom stereocenters. The Kier molecular flexibility index (Phi) is 8.37. The summed E-state index contributed by atoms with van der Waals surface area (Å²) in [5, 5.41) is 3.38. The molecule has 7 heteroatoms. The number of morpholine rings is 1. The number of carbonyl (C=O) groups excluding carboxylic acids is 1. The number of hydrogen-bond acceptors (Lipinski definition) is 6. The number of nitrogens with zero attached hydrogens (tertiary/aromatic N) is 2. The van der Waals surface area contributed by atoms with Gasteiger partial charge < -0.3 is 25.4 Å². The van der Waals surface area contributed by atoms with E-state index >= 15 is 0 Å². The number of hydrogen-bond donors (Lipinski definition) is 2. The highest BCUT2D eigenvalue weighted by Crippen LogP contribution is 2.13. The number of ether oxygens (including phenoxy) is 2. The summed E-state index contributed by atoms with van der Waals surface area (Å²) < 4.78 is 11.3. The van der Waals surface area contributed by atoms with Crippen LogP contribution in [0.25, 0.3) is 0 Å². The maximum absolute atomic E-state index is 12.2. The first-order valence-electron chi connectivity index (χ1n) is 9.37. The Hall–Kier alpha value is -1.80. The Balaban J connectivity index is 1.69. The number of carbonyl (C=O) groups is 1. The highest BCUT2D eigenvalue weighted by molar-refractivity contribution is 5.79. The van der Waals surface area contributed by atoms with Crippen LogP contribution in [-0.4, -0.2) is 75.2 Å². The summed E-state index contributed by atoms with van der Waals surface area (Å²) in [5.74, 6) is -0.0411. The van der Waals surface area contributed by atoms with E-state index in [0.717, 1.165) is 17.7 Å². The predicted octanol–water partition coefficient (Wildman–Crippen LogP) is 0.806. The third-order valence-corrected chi connectivity index (χ3v) is 4.36. The number of rotatable bonds is 9. The molecule has 1 saturated heterocycles. The van der Waals surface area contributed by atoms with Crippen LogP contribution in [0.5, 0.6) is 0 Å². The Morgan fingerprint density at radius 2 is 2.19 bits per heavy atom. The number of likely N-dealkylation sites (N-methyl/N-ethyl adjacent to an activating group) is 1. The summed E-state index contributed by atoms with van der Waals surface area (Å²) in [6.07, 6.45) is 1.81. The Morgan fingerprint density at radius 3 is 2.81 bits per heavy atom. The van der Waals surface area contributed by atoms with Crippen LogP contribution < -0.4 is 11.1 Å². The second kappa shape index (κ2) is 10.5. The molecule has 0 bridgehead atoms. The third-order valence-electron chi connectivity index (χ3n) is 4.36. The molecule has 1 heterocycles. The Morgan fingerprint density at radius 1 is 1.44 bits per heavy atom. The van der Waals surface area contributed by atoms with Gasteiger partial charge in [-0.15, -0.1) is 0 Å². The molecule has 0 unspecified atom stereocenters. The van der Waals surface area contributed by atoms with E-state index in [0.29, 0.717) is 32.8 Å². The van der Waals surface area contributed by atoms with Gasteiger partial charge in [0.05, 0.1) is 31.4 Å². The maximum Gasteiger partial charge on any atom is 0.248 e. The lowest BCUT2D eigenvalue weighted by atomic mass is 10.1. The molecule has 2 rings (SSSR count). The van der Waals surface area contributed by atoms with E-state index in [2.05, 4.69) is 24.2 Å². The van der Waals surface area contributed by atoms with Gasteiger partial charge in [-0.2, -0.15) is 0 Å². The summed E-state index contributed by atoms with van der Waals surface area (Å²) in [7, 11) is 1.78. The third kappa shape index (κ3) is 7.76. The number of nitrogens with one attached hydrogen (secondary N) is 1. The Labute approximate surface area is 161 Å². The van der Waals surface area contributed by atoms with E-state index in [1.807, 2.05) is 30.5 Å². The molecule has 7 nitrogen and oxygen atoms in total. The molecule has 0 aromatic heterocycles. The van der Waals surface area contributed by atoms with Crippen LogP contribution in [0, 0.1) is 0 Å². The van der Waals surface area contributed by atoms with Gasteiger partial charge in [0.1, 0.15) is 6.61 Å². The van der Waals surface area contributed by atoms with Gasteiger partial charge in [-0.05, 0) is 25.0 Å². The fraction of sp³-hybridized carbons (Fsp3) is 0.600. The van der Waals surface area contributed by atoms with Crippen LogP contribution in [0.15, 0.2) is 29.3 Å². The van der Waals surface area contributed by atoms with Crippen molar-refractivity contribution in [3.8, 4) is 0 Å². The largest absolute Gasteiger partial charge is 0.373 e. The van der Waals surface area contributed by atoms with E-state index in [-0.39, 0.29) is 24.2 Å². The van der Waals surface area contributed by atoms with Gasteiger partial charge in [0.15, 0.2) is 0 Å². The molecule has 1 aromatic rings. The zero-order valence-corrected chi connectivity index (χ0v) is 16.6. The standard InChI is InChI=1S/C20H32N4O3/c1-20(2)15-23-18(13-27-20)12-26-14-19(25)24(3)11-17-6-4-16(5-7-17)10-22-9-8-21/h4-7,10,18,23H,8-9,11-15,21H2,1-3H3/b22-10+/t18-/m1/s1. The van der Waals surface area contributed by atoms with E-state index in [9.17, 15) is 4.79 Å². The highest BCUT2D eigenvalue weighted by atomic mass is 16.5. The molecule has 0 radical (unpaired) electrons. The van der Waals surface area contributed by atoms with Gasteiger partial charge >= 0.3 is 0 Å². The number of aliphatic imine (C=N–C) groups is 1. The number of benzene rings is 1. The maximum atomic E-state index is 12.2. The molecule has 150 valence electrons. The van der Waals surface area contributed by atoms with E-state index in [1.165, 1.54) is 0 Å². The van der Waals surface area contributed by atoms with Crippen LogP contribution in [-0.2, 0) is 20.8 Å². The van der Waals surface area contributed by atoms with E-state index in [4.69, 9.17) is 15.2 Å². The summed E-state index contributed by atoms with van der Waals surface area (Å²) in [6.45, 7) is 7.73. The summed E-state index contributed by atoms with van der Waals surface area (Å²) >= 11 is 0. The fourth-order valence-corrected chi connectivity index (χ4v) is 2.65. The van der Waals surface area contributed by atoms with Crippen LogP contribution in [0.3, 0.4) is 0 Å².